The summed E-state index contributed by atoms with van der Waals surface area (Å²) < 4.78 is 1.94. The van der Waals surface area contributed by atoms with Crippen molar-refractivity contribution in [3.63, 3.8) is 0 Å². The Kier molecular flexibility index (Phi) is 3.65. The first-order chi connectivity index (χ1) is 11.7. The average molecular weight is 317 g/mol. The second-order valence-electron chi connectivity index (χ2n) is 6.21. The number of hydrogen-bond donors (Lipinski definition) is 1. The summed E-state index contributed by atoms with van der Waals surface area (Å²) in [5.74, 6) is 0.123. The minimum Gasteiger partial charge on any atom is -0.338 e. The zero-order valence-corrected chi connectivity index (χ0v) is 13.4. The molecule has 1 aromatic heterocycles. The van der Waals surface area contributed by atoms with Gasteiger partial charge in [0.1, 0.15) is 6.54 Å². The average Bonchev–Trinajstić information content (AvgIpc) is 2.64. The van der Waals surface area contributed by atoms with Gasteiger partial charge in [0.05, 0.1) is 10.9 Å². The SMILES string of the molecule is N=c1ccn(CC(=O)N2CCc3ccccc3C2)c2ccccc12. The van der Waals surface area contributed by atoms with E-state index < -0.39 is 0 Å². The predicted octanol–water partition coefficient (Wildman–Crippen LogP) is 2.71. The molecule has 1 amide bonds. The fourth-order valence-electron chi connectivity index (χ4n) is 3.38. The van der Waals surface area contributed by atoms with E-state index in [9.17, 15) is 4.79 Å². The zero-order chi connectivity index (χ0) is 16.5. The van der Waals surface area contributed by atoms with Crippen molar-refractivity contribution in [1.82, 2.24) is 9.47 Å². The molecule has 4 nitrogen and oxygen atoms in total. The van der Waals surface area contributed by atoms with Crippen molar-refractivity contribution in [2.75, 3.05) is 6.54 Å². The molecular weight excluding hydrogens is 298 g/mol. The number of pyridine rings is 1. The maximum atomic E-state index is 12.8. The molecule has 2 aromatic carbocycles. The summed E-state index contributed by atoms with van der Waals surface area (Å²) in [5, 5.41) is 9.37. The molecule has 0 radical (unpaired) electrons. The quantitative estimate of drug-likeness (QED) is 0.776. The normalized spacial score (nSPS) is 13.8. The first-order valence-electron chi connectivity index (χ1n) is 8.20. The van der Waals surface area contributed by atoms with Gasteiger partial charge in [-0.3, -0.25) is 4.79 Å². The van der Waals surface area contributed by atoms with Crippen LogP contribution in [0.4, 0.5) is 0 Å². The van der Waals surface area contributed by atoms with E-state index in [2.05, 4.69) is 18.2 Å². The van der Waals surface area contributed by atoms with Crippen LogP contribution in [0.3, 0.4) is 0 Å². The third-order valence-electron chi connectivity index (χ3n) is 4.71. The van der Waals surface area contributed by atoms with Crippen molar-refractivity contribution in [1.29, 1.82) is 5.41 Å². The van der Waals surface area contributed by atoms with Crippen molar-refractivity contribution < 1.29 is 4.79 Å². The molecule has 24 heavy (non-hydrogen) atoms. The molecule has 0 spiro atoms. The van der Waals surface area contributed by atoms with Crippen LogP contribution in [0.5, 0.6) is 0 Å². The summed E-state index contributed by atoms with van der Waals surface area (Å²) in [5.41, 5.74) is 3.52. The van der Waals surface area contributed by atoms with Crippen molar-refractivity contribution in [2.24, 2.45) is 0 Å². The molecule has 0 fully saturated rings. The molecule has 0 aliphatic carbocycles. The Morgan fingerprint density at radius 3 is 2.62 bits per heavy atom. The van der Waals surface area contributed by atoms with Gasteiger partial charge in [-0.2, -0.15) is 0 Å². The fraction of sp³-hybridized carbons (Fsp3) is 0.200. The van der Waals surface area contributed by atoms with Crippen LogP contribution in [-0.4, -0.2) is 21.9 Å². The van der Waals surface area contributed by atoms with E-state index in [1.807, 2.05) is 46.0 Å². The first-order valence-corrected chi connectivity index (χ1v) is 8.20. The number of hydrogen-bond acceptors (Lipinski definition) is 2. The first kappa shape index (κ1) is 14.7. The lowest BCUT2D eigenvalue weighted by Gasteiger charge is -2.29. The number of nitrogens with zero attached hydrogens (tertiary/aromatic N) is 2. The van der Waals surface area contributed by atoms with E-state index in [0.29, 0.717) is 18.4 Å². The van der Waals surface area contributed by atoms with Crippen LogP contribution in [0.1, 0.15) is 11.1 Å². The Bertz CT molecular complexity index is 974. The highest BCUT2D eigenvalue weighted by molar-refractivity contribution is 5.82. The second-order valence-corrected chi connectivity index (χ2v) is 6.21. The van der Waals surface area contributed by atoms with Crippen molar-refractivity contribution in [2.45, 2.75) is 19.5 Å². The Balaban J connectivity index is 1.60. The standard InChI is InChI=1S/C20H19N3O/c21-18-10-12-22(19-8-4-3-7-17(18)19)14-20(24)23-11-9-15-5-1-2-6-16(15)13-23/h1-8,10,12,21H,9,11,13-14H2. The molecule has 0 atom stereocenters. The van der Waals surface area contributed by atoms with Gasteiger partial charge in [0, 0.05) is 24.7 Å². The highest BCUT2D eigenvalue weighted by Gasteiger charge is 2.20. The summed E-state index contributed by atoms with van der Waals surface area (Å²) in [6, 6.07) is 17.8. The van der Waals surface area contributed by atoms with Gasteiger partial charge in [-0.15, -0.1) is 0 Å². The summed E-state index contributed by atoms with van der Waals surface area (Å²) in [4.78, 5) is 14.7. The van der Waals surface area contributed by atoms with E-state index in [-0.39, 0.29) is 5.91 Å². The minimum atomic E-state index is 0.123. The van der Waals surface area contributed by atoms with Crippen LogP contribution in [0.25, 0.3) is 10.9 Å². The van der Waals surface area contributed by atoms with Crippen LogP contribution >= 0.6 is 0 Å². The summed E-state index contributed by atoms with van der Waals surface area (Å²) >= 11 is 0. The van der Waals surface area contributed by atoms with Crippen molar-refractivity contribution >= 4 is 16.8 Å². The van der Waals surface area contributed by atoms with E-state index in [0.717, 1.165) is 23.9 Å². The van der Waals surface area contributed by atoms with Gasteiger partial charge in [0.15, 0.2) is 0 Å². The largest absolute Gasteiger partial charge is 0.338 e. The van der Waals surface area contributed by atoms with Crippen LogP contribution < -0.4 is 5.36 Å². The Labute approximate surface area is 140 Å². The molecule has 0 unspecified atom stereocenters. The van der Waals surface area contributed by atoms with E-state index in [1.54, 1.807) is 6.07 Å². The highest BCUT2D eigenvalue weighted by atomic mass is 16.2. The Morgan fingerprint density at radius 2 is 1.75 bits per heavy atom. The fourth-order valence-corrected chi connectivity index (χ4v) is 3.38. The molecule has 4 rings (SSSR count). The van der Waals surface area contributed by atoms with E-state index >= 15 is 0 Å². The number of nitrogens with one attached hydrogen (secondary N) is 1. The van der Waals surface area contributed by atoms with Gasteiger partial charge in [-0.05, 0) is 29.7 Å². The molecular formula is C20H19N3O. The van der Waals surface area contributed by atoms with Crippen LogP contribution in [0.15, 0.2) is 60.8 Å². The van der Waals surface area contributed by atoms with Crippen molar-refractivity contribution in [3.8, 4) is 0 Å². The second kappa shape index (κ2) is 5.96. The molecule has 3 aromatic rings. The molecule has 0 saturated carbocycles. The summed E-state index contributed by atoms with van der Waals surface area (Å²) in [6.07, 6.45) is 2.75. The van der Waals surface area contributed by atoms with Crippen LogP contribution in [0, 0.1) is 5.41 Å². The maximum Gasteiger partial charge on any atom is 0.242 e. The maximum absolute atomic E-state index is 12.8. The number of aromatic nitrogens is 1. The minimum absolute atomic E-state index is 0.123. The molecule has 4 heteroatoms. The molecule has 1 N–H and O–H groups in total. The van der Waals surface area contributed by atoms with Gasteiger partial charge < -0.3 is 14.9 Å². The Morgan fingerprint density at radius 1 is 1.00 bits per heavy atom. The molecule has 120 valence electrons. The van der Waals surface area contributed by atoms with Crippen LogP contribution in [0.2, 0.25) is 0 Å². The summed E-state index contributed by atoms with van der Waals surface area (Å²) in [7, 11) is 0. The summed E-state index contributed by atoms with van der Waals surface area (Å²) in [6.45, 7) is 1.76. The number of fused-ring (bicyclic) bond motifs is 2. The topological polar surface area (TPSA) is 49.1 Å². The number of amides is 1. The van der Waals surface area contributed by atoms with Gasteiger partial charge in [-0.25, -0.2) is 0 Å². The highest BCUT2D eigenvalue weighted by Crippen LogP contribution is 2.19. The van der Waals surface area contributed by atoms with Gasteiger partial charge in [-0.1, -0.05) is 42.5 Å². The number of rotatable bonds is 2. The molecule has 1 aliphatic heterocycles. The predicted molar refractivity (Wildman–Crippen MR) is 93.4 cm³/mol. The van der Waals surface area contributed by atoms with Gasteiger partial charge in [0.25, 0.3) is 0 Å². The third kappa shape index (κ3) is 2.60. The van der Waals surface area contributed by atoms with Crippen molar-refractivity contribution in [3.05, 3.63) is 77.3 Å². The lowest BCUT2D eigenvalue weighted by Crippen LogP contribution is -2.38. The van der Waals surface area contributed by atoms with E-state index in [1.165, 1.54) is 11.1 Å². The number of benzene rings is 2. The lowest BCUT2D eigenvalue weighted by atomic mass is 10.00. The number of carbonyl (C=O) groups excluding carboxylic acids is 1. The smallest absolute Gasteiger partial charge is 0.242 e. The molecule has 2 heterocycles. The monoisotopic (exact) mass is 317 g/mol. The number of para-hydroxylation sites is 1. The number of carbonyl (C=O) groups is 1. The molecule has 0 bridgehead atoms. The lowest BCUT2D eigenvalue weighted by molar-refractivity contribution is -0.132. The van der Waals surface area contributed by atoms with Gasteiger partial charge >= 0.3 is 0 Å². The molecule has 1 aliphatic rings. The van der Waals surface area contributed by atoms with Crippen LogP contribution in [-0.2, 0) is 24.3 Å². The van der Waals surface area contributed by atoms with E-state index in [4.69, 9.17) is 5.41 Å². The Hall–Kier alpha value is -2.88. The molecule has 0 saturated heterocycles. The zero-order valence-electron chi connectivity index (χ0n) is 13.4. The third-order valence-corrected chi connectivity index (χ3v) is 4.71. The van der Waals surface area contributed by atoms with Gasteiger partial charge in [0.2, 0.25) is 5.91 Å².